The molecule has 126 valence electrons. The van der Waals surface area contributed by atoms with Gasteiger partial charge in [-0.05, 0) is 43.2 Å². The van der Waals surface area contributed by atoms with Gasteiger partial charge in [-0.1, -0.05) is 18.2 Å². The molecule has 0 bridgehead atoms. The van der Waals surface area contributed by atoms with Crippen molar-refractivity contribution in [2.45, 2.75) is 19.8 Å². The first kappa shape index (κ1) is 16.6. The molecule has 25 heavy (non-hydrogen) atoms. The molecule has 1 heterocycles. The Morgan fingerprint density at radius 3 is 2.56 bits per heavy atom. The summed E-state index contributed by atoms with van der Waals surface area (Å²) in [5.41, 5.74) is 0.994. The summed E-state index contributed by atoms with van der Waals surface area (Å²) in [5.74, 6) is -1.60. The van der Waals surface area contributed by atoms with Crippen molar-refractivity contribution in [2.24, 2.45) is 0 Å². The Kier molecular flexibility index (Phi) is 4.43. The van der Waals surface area contributed by atoms with Crippen LogP contribution >= 0.6 is 0 Å². The minimum absolute atomic E-state index is 0.0268. The molecule has 0 unspecified atom stereocenters. The van der Waals surface area contributed by atoms with Crippen LogP contribution in [0.25, 0.3) is 0 Å². The molecule has 6 heteroatoms. The first-order chi connectivity index (χ1) is 12.0. The van der Waals surface area contributed by atoms with Crippen LogP contribution in [0.5, 0.6) is 11.5 Å². The average molecular weight is 337 g/mol. The van der Waals surface area contributed by atoms with Gasteiger partial charge >= 0.3 is 0 Å². The zero-order valence-corrected chi connectivity index (χ0v) is 13.5. The van der Waals surface area contributed by atoms with E-state index in [4.69, 9.17) is 4.74 Å². The van der Waals surface area contributed by atoms with E-state index in [2.05, 4.69) is 0 Å². The van der Waals surface area contributed by atoms with Crippen LogP contribution < -0.4 is 10.1 Å². The fraction of sp³-hybridized carbons (Fsp3) is 0.158. The third-order valence-electron chi connectivity index (χ3n) is 3.82. The fourth-order valence-electron chi connectivity index (χ4n) is 2.60. The Bertz CT molecular complexity index is 900. The van der Waals surface area contributed by atoms with Gasteiger partial charge < -0.3 is 9.53 Å². The third-order valence-corrected chi connectivity index (χ3v) is 3.82. The van der Waals surface area contributed by atoms with E-state index in [1.807, 2.05) is 11.4 Å². The first-order valence-corrected chi connectivity index (χ1v) is 7.75. The minimum Gasteiger partial charge on any atom is -0.457 e. The van der Waals surface area contributed by atoms with E-state index in [0.29, 0.717) is 18.6 Å². The van der Waals surface area contributed by atoms with Gasteiger partial charge in [0.25, 0.3) is 17.6 Å². The zero-order valence-electron chi connectivity index (χ0n) is 13.5. The molecule has 1 N–H and O–H groups in total. The number of imide groups is 1. The quantitative estimate of drug-likeness (QED) is 0.669. The summed E-state index contributed by atoms with van der Waals surface area (Å²) in [4.78, 5) is 46.6. The average Bonchev–Trinajstić information content (AvgIpc) is 2.58. The smallest absolute Gasteiger partial charge is 0.299 e. The van der Waals surface area contributed by atoms with Crippen molar-refractivity contribution in [3.05, 3.63) is 59.2 Å². The number of Topliss-reactive ketones (excluding diaryl/α,β-unsaturated/α-hetero) is 2. The number of carbonyl (C=O) groups is 4. The van der Waals surface area contributed by atoms with Crippen LogP contribution in [0.3, 0.4) is 0 Å². The highest BCUT2D eigenvalue weighted by atomic mass is 16.5. The number of amides is 2. The normalized spacial score (nSPS) is 13.2. The Morgan fingerprint density at radius 1 is 1.04 bits per heavy atom. The van der Waals surface area contributed by atoms with E-state index in [0.717, 1.165) is 5.56 Å². The van der Waals surface area contributed by atoms with Gasteiger partial charge in [0.05, 0.1) is 5.56 Å². The topological polar surface area (TPSA) is 89.5 Å². The van der Waals surface area contributed by atoms with Crippen LogP contribution in [-0.2, 0) is 16.0 Å². The number of fused-ring (bicyclic) bond motifs is 1. The Morgan fingerprint density at radius 2 is 1.80 bits per heavy atom. The molecule has 2 aromatic carbocycles. The lowest BCUT2D eigenvalue weighted by Crippen LogP contribution is -2.42. The predicted molar refractivity (Wildman–Crippen MR) is 88.8 cm³/mol. The summed E-state index contributed by atoms with van der Waals surface area (Å²) in [5, 5.41) is 2.01. The van der Waals surface area contributed by atoms with Crippen LogP contribution in [0.1, 0.15) is 39.6 Å². The van der Waals surface area contributed by atoms with Crippen LogP contribution in [0.4, 0.5) is 0 Å². The summed E-state index contributed by atoms with van der Waals surface area (Å²) in [6.07, 6.45) is 1.02. The number of hydrogen-bond donors (Lipinski definition) is 1. The van der Waals surface area contributed by atoms with Crippen molar-refractivity contribution in [2.75, 3.05) is 0 Å². The number of ether oxygens (including phenoxy) is 1. The van der Waals surface area contributed by atoms with Gasteiger partial charge in [0.2, 0.25) is 0 Å². The number of hydrogen-bond acceptors (Lipinski definition) is 5. The molecule has 0 saturated carbocycles. The highest BCUT2D eigenvalue weighted by Crippen LogP contribution is 2.30. The zero-order chi connectivity index (χ0) is 18.0. The summed E-state index contributed by atoms with van der Waals surface area (Å²) in [7, 11) is 0. The highest BCUT2D eigenvalue weighted by molar-refractivity contribution is 6.49. The summed E-state index contributed by atoms with van der Waals surface area (Å²) >= 11 is 0. The number of rotatable bonds is 5. The second-order valence-electron chi connectivity index (χ2n) is 5.74. The largest absolute Gasteiger partial charge is 0.457 e. The maximum Gasteiger partial charge on any atom is 0.299 e. The summed E-state index contributed by atoms with van der Waals surface area (Å²) in [6, 6.07) is 11.7. The van der Waals surface area contributed by atoms with Gasteiger partial charge in [-0.15, -0.1) is 0 Å². The van der Waals surface area contributed by atoms with Gasteiger partial charge in [0, 0.05) is 12.0 Å². The van der Waals surface area contributed by atoms with Crippen molar-refractivity contribution in [1.82, 2.24) is 5.32 Å². The van der Waals surface area contributed by atoms with Crippen LogP contribution in [0, 0.1) is 0 Å². The summed E-state index contributed by atoms with van der Waals surface area (Å²) < 4.78 is 5.77. The fourth-order valence-corrected chi connectivity index (χ4v) is 2.60. The molecule has 0 fully saturated rings. The molecule has 1 aliphatic rings. The molecule has 0 radical (unpaired) electrons. The lowest BCUT2D eigenvalue weighted by molar-refractivity contribution is -0.117. The summed E-state index contributed by atoms with van der Waals surface area (Å²) in [6.45, 7) is 1.54. The molecule has 2 amide bonds. The maximum atomic E-state index is 12.1. The number of nitrogens with one attached hydrogen (secondary N) is 1. The lowest BCUT2D eigenvalue weighted by atomic mass is 9.98. The monoisotopic (exact) mass is 337 g/mol. The molecule has 0 spiro atoms. The van der Waals surface area contributed by atoms with E-state index in [1.165, 1.54) is 13.0 Å². The van der Waals surface area contributed by atoms with E-state index in [1.54, 1.807) is 30.3 Å². The maximum absolute atomic E-state index is 12.1. The standard InChI is InChI=1S/C19H15NO5/c1-11(21)8-9-12-4-2-5-13(10-12)25-15-7-3-6-14-16(15)18(23)20-19(24)17(14)22/h2-7,10H,8-9H2,1H3,(H,20,23,24). The van der Waals surface area contributed by atoms with Crippen LogP contribution in [0.15, 0.2) is 42.5 Å². The van der Waals surface area contributed by atoms with Crippen molar-refractivity contribution < 1.29 is 23.9 Å². The molecule has 2 aromatic rings. The Labute approximate surface area is 143 Å². The van der Waals surface area contributed by atoms with Crippen molar-refractivity contribution in [3.8, 4) is 11.5 Å². The molecule has 0 atom stereocenters. The van der Waals surface area contributed by atoms with Gasteiger partial charge in [-0.3, -0.25) is 19.7 Å². The number of benzene rings is 2. The van der Waals surface area contributed by atoms with Gasteiger partial charge in [-0.25, -0.2) is 0 Å². The minimum atomic E-state index is -0.944. The van der Waals surface area contributed by atoms with Crippen molar-refractivity contribution >= 4 is 23.4 Å². The molecule has 0 aliphatic carbocycles. The molecule has 0 aromatic heterocycles. The van der Waals surface area contributed by atoms with Crippen molar-refractivity contribution in [1.29, 1.82) is 0 Å². The highest BCUT2D eigenvalue weighted by Gasteiger charge is 2.33. The van der Waals surface area contributed by atoms with Crippen LogP contribution in [-0.4, -0.2) is 23.4 Å². The number of ketones is 2. The predicted octanol–water partition coefficient (Wildman–Crippen LogP) is 2.45. The molecular weight excluding hydrogens is 322 g/mol. The Balaban J connectivity index is 1.91. The number of carbonyl (C=O) groups excluding carboxylic acids is 4. The first-order valence-electron chi connectivity index (χ1n) is 7.75. The van der Waals surface area contributed by atoms with Crippen LogP contribution in [0.2, 0.25) is 0 Å². The number of aryl methyl sites for hydroxylation is 1. The van der Waals surface area contributed by atoms with E-state index >= 15 is 0 Å². The molecular formula is C19H15NO5. The SMILES string of the molecule is CC(=O)CCc1cccc(Oc2cccc3c2C(=O)NC(=O)C3=O)c1. The van der Waals surface area contributed by atoms with Gasteiger partial charge in [-0.2, -0.15) is 0 Å². The third kappa shape index (κ3) is 3.47. The lowest BCUT2D eigenvalue weighted by Gasteiger charge is -2.17. The Hall–Kier alpha value is -3.28. The molecule has 1 aliphatic heterocycles. The van der Waals surface area contributed by atoms with Crippen molar-refractivity contribution in [3.63, 3.8) is 0 Å². The van der Waals surface area contributed by atoms with E-state index in [9.17, 15) is 19.2 Å². The van der Waals surface area contributed by atoms with E-state index in [-0.39, 0.29) is 22.7 Å². The molecule has 0 saturated heterocycles. The van der Waals surface area contributed by atoms with Gasteiger partial charge in [0.1, 0.15) is 17.3 Å². The van der Waals surface area contributed by atoms with E-state index < -0.39 is 17.6 Å². The molecule has 3 rings (SSSR count). The second kappa shape index (κ2) is 6.68. The second-order valence-corrected chi connectivity index (χ2v) is 5.74. The van der Waals surface area contributed by atoms with Gasteiger partial charge in [0.15, 0.2) is 0 Å². The molecule has 6 nitrogen and oxygen atoms in total.